The molecule has 0 saturated heterocycles. The molecule has 92 valence electrons. The monoisotopic (exact) mass is 374 g/mol. The summed E-state index contributed by atoms with van der Waals surface area (Å²) in [6.07, 6.45) is 1.48. The molecular formula is C12H8ClIN2O2. The molecule has 0 fully saturated rings. The number of halogens is 2. The number of aromatic amines is 1. The maximum atomic E-state index is 11.9. The van der Waals surface area contributed by atoms with Crippen molar-refractivity contribution in [3.8, 4) is 0 Å². The minimum absolute atomic E-state index is 0.0725. The van der Waals surface area contributed by atoms with E-state index in [4.69, 9.17) is 11.6 Å². The molecule has 1 aromatic carbocycles. The van der Waals surface area contributed by atoms with Crippen molar-refractivity contribution in [2.24, 2.45) is 0 Å². The molecule has 1 heterocycles. The Hall–Kier alpha value is -1.34. The highest BCUT2D eigenvalue weighted by atomic mass is 127. The molecule has 1 amide bonds. The van der Waals surface area contributed by atoms with Gasteiger partial charge in [-0.1, -0.05) is 11.6 Å². The number of nitrogens with one attached hydrogen (secondary N) is 2. The van der Waals surface area contributed by atoms with E-state index in [0.29, 0.717) is 10.7 Å². The van der Waals surface area contributed by atoms with Crippen LogP contribution in [-0.4, -0.2) is 10.9 Å². The number of carbonyl (C=O) groups is 1. The van der Waals surface area contributed by atoms with Crippen molar-refractivity contribution in [1.82, 2.24) is 4.98 Å². The zero-order valence-corrected chi connectivity index (χ0v) is 11.9. The fraction of sp³-hybridized carbons (Fsp3) is 0. The minimum Gasteiger partial charge on any atom is -0.328 e. The Kier molecular flexibility index (Phi) is 4.03. The van der Waals surface area contributed by atoms with E-state index in [-0.39, 0.29) is 5.56 Å². The first-order valence-electron chi connectivity index (χ1n) is 5.02. The van der Waals surface area contributed by atoms with Gasteiger partial charge in [0.05, 0.1) is 5.69 Å². The first kappa shape index (κ1) is 13.1. The van der Waals surface area contributed by atoms with Crippen molar-refractivity contribution < 1.29 is 4.79 Å². The molecule has 18 heavy (non-hydrogen) atoms. The van der Waals surface area contributed by atoms with Gasteiger partial charge in [0.2, 0.25) is 0 Å². The number of rotatable bonds is 2. The molecule has 2 N–H and O–H groups in total. The Balaban J connectivity index is 2.27. The van der Waals surface area contributed by atoms with Gasteiger partial charge >= 0.3 is 0 Å². The van der Waals surface area contributed by atoms with E-state index in [2.05, 4.69) is 32.9 Å². The van der Waals surface area contributed by atoms with Crippen LogP contribution in [0.25, 0.3) is 0 Å². The van der Waals surface area contributed by atoms with Crippen LogP contribution in [0.5, 0.6) is 0 Å². The SMILES string of the molecule is O=C(Nc1ccc(Cl)cc1I)c1ccc[nH]c1=O. The Morgan fingerprint density at radius 1 is 1.33 bits per heavy atom. The lowest BCUT2D eigenvalue weighted by Crippen LogP contribution is -2.22. The summed E-state index contributed by atoms with van der Waals surface area (Å²) < 4.78 is 0.806. The summed E-state index contributed by atoms with van der Waals surface area (Å²) in [6, 6.07) is 8.17. The number of hydrogen-bond donors (Lipinski definition) is 2. The molecule has 2 rings (SSSR count). The third-order valence-corrected chi connectivity index (χ3v) is 3.37. The Labute approximate surface area is 122 Å². The molecule has 0 aliphatic rings. The Bertz CT molecular complexity index is 655. The maximum absolute atomic E-state index is 11.9. The molecule has 0 unspecified atom stereocenters. The van der Waals surface area contributed by atoms with Gasteiger partial charge in [0.1, 0.15) is 5.56 Å². The summed E-state index contributed by atoms with van der Waals surface area (Å²) in [4.78, 5) is 25.8. The average molecular weight is 375 g/mol. The molecule has 0 bridgehead atoms. The number of aromatic nitrogens is 1. The number of anilines is 1. The zero-order chi connectivity index (χ0) is 13.1. The number of amides is 1. The summed E-state index contributed by atoms with van der Waals surface area (Å²) in [7, 11) is 0. The summed E-state index contributed by atoms with van der Waals surface area (Å²) in [5, 5.41) is 3.26. The highest BCUT2D eigenvalue weighted by Gasteiger charge is 2.11. The number of benzene rings is 1. The van der Waals surface area contributed by atoms with E-state index >= 15 is 0 Å². The largest absolute Gasteiger partial charge is 0.328 e. The van der Waals surface area contributed by atoms with Crippen LogP contribution >= 0.6 is 34.2 Å². The quantitative estimate of drug-likeness (QED) is 0.794. The van der Waals surface area contributed by atoms with Gasteiger partial charge in [-0.3, -0.25) is 9.59 Å². The van der Waals surface area contributed by atoms with Crippen LogP contribution in [0, 0.1) is 3.57 Å². The first-order chi connectivity index (χ1) is 8.58. The summed E-state index contributed by atoms with van der Waals surface area (Å²) in [5.74, 6) is -0.447. The van der Waals surface area contributed by atoms with E-state index in [0.717, 1.165) is 3.57 Å². The van der Waals surface area contributed by atoms with Crippen LogP contribution in [-0.2, 0) is 0 Å². The molecule has 0 aliphatic carbocycles. The molecule has 4 nitrogen and oxygen atoms in total. The molecular weight excluding hydrogens is 367 g/mol. The van der Waals surface area contributed by atoms with Crippen molar-refractivity contribution in [3.63, 3.8) is 0 Å². The predicted molar refractivity (Wildman–Crippen MR) is 79.2 cm³/mol. The van der Waals surface area contributed by atoms with Crippen molar-refractivity contribution in [2.45, 2.75) is 0 Å². The second-order valence-corrected chi connectivity index (χ2v) is 5.09. The highest BCUT2D eigenvalue weighted by molar-refractivity contribution is 14.1. The normalized spacial score (nSPS) is 10.1. The van der Waals surface area contributed by atoms with E-state index in [1.165, 1.54) is 12.3 Å². The molecule has 0 spiro atoms. The molecule has 0 atom stereocenters. The second-order valence-electron chi connectivity index (χ2n) is 3.49. The van der Waals surface area contributed by atoms with Gasteiger partial charge in [-0.15, -0.1) is 0 Å². The lowest BCUT2D eigenvalue weighted by atomic mass is 10.2. The molecule has 0 aliphatic heterocycles. The van der Waals surface area contributed by atoms with Crippen molar-refractivity contribution in [3.05, 3.63) is 61.0 Å². The lowest BCUT2D eigenvalue weighted by Gasteiger charge is -2.07. The lowest BCUT2D eigenvalue weighted by molar-refractivity contribution is 0.102. The number of carbonyl (C=O) groups excluding carboxylic acids is 1. The fourth-order valence-corrected chi connectivity index (χ4v) is 2.39. The molecule has 2 aromatic rings. The summed E-state index contributed by atoms with van der Waals surface area (Å²) in [6.45, 7) is 0. The molecule has 6 heteroatoms. The standard InChI is InChI=1S/C12H8ClIN2O2/c13-7-3-4-10(9(14)6-7)16-12(18)8-2-1-5-15-11(8)17/h1-6H,(H,15,17)(H,16,18). The van der Waals surface area contributed by atoms with E-state index in [9.17, 15) is 9.59 Å². The summed E-state index contributed by atoms with van der Waals surface area (Å²) >= 11 is 7.89. The molecule has 0 saturated carbocycles. The average Bonchev–Trinajstić information content (AvgIpc) is 2.33. The topological polar surface area (TPSA) is 62.0 Å². The van der Waals surface area contributed by atoms with E-state index in [1.54, 1.807) is 24.3 Å². The van der Waals surface area contributed by atoms with Crippen molar-refractivity contribution in [1.29, 1.82) is 0 Å². The van der Waals surface area contributed by atoms with Crippen molar-refractivity contribution in [2.75, 3.05) is 5.32 Å². The second kappa shape index (κ2) is 5.53. The van der Waals surface area contributed by atoms with Crippen LogP contribution < -0.4 is 10.9 Å². The fourth-order valence-electron chi connectivity index (χ4n) is 1.38. The van der Waals surface area contributed by atoms with Gasteiger partial charge in [-0.05, 0) is 52.9 Å². The van der Waals surface area contributed by atoms with Gasteiger partial charge in [0.25, 0.3) is 11.5 Å². The number of hydrogen-bond acceptors (Lipinski definition) is 2. The van der Waals surface area contributed by atoms with E-state index in [1.807, 2.05) is 0 Å². The van der Waals surface area contributed by atoms with Gasteiger partial charge < -0.3 is 10.3 Å². The highest BCUT2D eigenvalue weighted by Crippen LogP contribution is 2.22. The van der Waals surface area contributed by atoms with Crippen LogP contribution in [0.4, 0.5) is 5.69 Å². The van der Waals surface area contributed by atoms with Crippen LogP contribution in [0.2, 0.25) is 5.02 Å². The van der Waals surface area contributed by atoms with Gasteiger partial charge in [0.15, 0.2) is 0 Å². The van der Waals surface area contributed by atoms with Crippen LogP contribution in [0.15, 0.2) is 41.3 Å². The predicted octanol–water partition coefficient (Wildman–Crippen LogP) is 2.89. The number of H-pyrrole nitrogens is 1. The minimum atomic E-state index is -0.447. The Morgan fingerprint density at radius 2 is 2.11 bits per heavy atom. The summed E-state index contributed by atoms with van der Waals surface area (Å²) in [5.41, 5.74) is 0.274. The third kappa shape index (κ3) is 2.91. The van der Waals surface area contributed by atoms with E-state index < -0.39 is 11.5 Å². The maximum Gasteiger partial charge on any atom is 0.261 e. The molecule has 1 aromatic heterocycles. The van der Waals surface area contributed by atoms with Gasteiger partial charge in [-0.25, -0.2) is 0 Å². The smallest absolute Gasteiger partial charge is 0.261 e. The molecule has 0 radical (unpaired) electrons. The third-order valence-electron chi connectivity index (χ3n) is 2.24. The van der Waals surface area contributed by atoms with Crippen LogP contribution in [0.1, 0.15) is 10.4 Å². The Morgan fingerprint density at radius 3 is 2.78 bits per heavy atom. The van der Waals surface area contributed by atoms with Gasteiger partial charge in [-0.2, -0.15) is 0 Å². The first-order valence-corrected chi connectivity index (χ1v) is 6.47. The van der Waals surface area contributed by atoms with Crippen molar-refractivity contribution >= 4 is 45.8 Å². The van der Waals surface area contributed by atoms with Gasteiger partial charge in [0, 0.05) is 14.8 Å². The number of pyridine rings is 1. The van der Waals surface area contributed by atoms with Crippen LogP contribution in [0.3, 0.4) is 0 Å². The zero-order valence-electron chi connectivity index (χ0n) is 9.04.